The number of hydrogen-bond donors (Lipinski definition) is 0. The molecule has 11 heteroatoms. The summed E-state index contributed by atoms with van der Waals surface area (Å²) in [7, 11) is 0. The van der Waals surface area contributed by atoms with Crippen molar-refractivity contribution in [1.29, 1.82) is 0 Å². The second-order valence-electron chi connectivity index (χ2n) is 40.6. The van der Waals surface area contributed by atoms with Crippen LogP contribution in [0.2, 0.25) is 0 Å². The smallest absolute Gasteiger partial charge is 0.160 e. The lowest BCUT2D eigenvalue weighted by molar-refractivity contribution is 0.657. The summed E-state index contributed by atoms with van der Waals surface area (Å²) in [5, 5.41) is 12.4. The van der Waals surface area contributed by atoms with Gasteiger partial charge in [0.15, 0.2) is 17.5 Å². The number of nitrogens with zero attached hydrogens (tertiary/aromatic N) is 9. The third-order valence-electron chi connectivity index (χ3n) is 31.1. The highest BCUT2D eigenvalue weighted by Gasteiger charge is 2.45. The fraction of sp³-hybridized carbons (Fsp3) is 0.0909. The monoisotopic (exact) mass is 1850 g/mol. The molecule has 143 heavy (non-hydrogen) atoms. The van der Waals surface area contributed by atoms with Gasteiger partial charge in [0.25, 0.3) is 0 Å². The van der Waals surface area contributed by atoms with Crippen LogP contribution in [0.5, 0.6) is 0 Å². The van der Waals surface area contributed by atoms with Gasteiger partial charge in [0.2, 0.25) is 0 Å². The molecule has 4 aliphatic rings. The Labute approximate surface area is 830 Å². The molecule has 678 valence electrons. The first kappa shape index (κ1) is 83.8. The second-order valence-corrected chi connectivity index (χ2v) is 41.6. The molecule has 0 atom stereocenters. The van der Waals surface area contributed by atoms with Crippen molar-refractivity contribution in [3.8, 4) is 130 Å². The van der Waals surface area contributed by atoms with E-state index in [9.17, 15) is 0 Å². The Kier molecular flexibility index (Phi) is 18.5. The largest absolute Gasteiger partial charge is 0.455 e. The summed E-state index contributed by atoms with van der Waals surface area (Å²) >= 11 is 1.89. The first-order valence-electron chi connectivity index (χ1n) is 49.4. The molecule has 0 radical (unpaired) electrons. The van der Waals surface area contributed by atoms with Gasteiger partial charge in [-0.25, -0.2) is 29.9 Å². The minimum Gasteiger partial charge on any atom is -0.455 e. The van der Waals surface area contributed by atoms with Crippen molar-refractivity contribution < 1.29 is 4.42 Å². The lowest BCUT2D eigenvalue weighted by Gasteiger charge is -2.24. The summed E-state index contributed by atoms with van der Waals surface area (Å²) in [6.45, 7) is 18.6. The van der Waals surface area contributed by atoms with Crippen molar-refractivity contribution in [1.82, 2.24) is 43.6 Å². The molecule has 8 heterocycles. The van der Waals surface area contributed by atoms with E-state index in [0.717, 1.165) is 140 Å². The van der Waals surface area contributed by atoms with Crippen LogP contribution >= 0.6 is 11.3 Å². The third-order valence-corrected chi connectivity index (χ3v) is 32.3. The Morgan fingerprint density at radius 2 is 0.566 bits per heavy atom. The zero-order valence-corrected chi connectivity index (χ0v) is 81.0. The number of hydrogen-bond acceptors (Lipinski definition) is 8. The summed E-state index contributed by atoms with van der Waals surface area (Å²) in [5.41, 5.74) is 40.3. The number of benzene rings is 18. The molecular formula is C132H93N9OS. The van der Waals surface area contributed by atoms with Crippen LogP contribution in [0, 0.1) is 0 Å². The molecule has 0 amide bonds. The van der Waals surface area contributed by atoms with E-state index in [1.807, 2.05) is 53.8 Å². The number of thiophene rings is 1. The van der Waals surface area contributed by atoms with Gasteiger partial charge in [-0.3, -0.25) is 0 Å². The average molecular weight is 1850 g/mol. The molecule has 30 rings (SSSR count). The first-order chi connectivity index (χ1) is 70.0. The molecule has 0 N–H and O–H groups in total. The Bertz CT molecular complexity index is 9480. The average Bonchev–Trinajstić information content (AvgIpc) is 1.49. The summed E-state index contributed by atoms with van der Waals surface area (Å²) in [6, 6.07) is 150. The molecule has 0 aliphatic heterocycles. The second kappa shape index (κ2) is 31.6. The first-order valence-corrected chi connectivity index (χ1v) is 50.2. The zero-order chi connectivity index (χ0) is 95.6. The summed E-state index contributed by atoms with van der Waals surface area (Å²) in [6.07, 6.45) is 0. The van der Waals surface area contributed by atoms with Crippen molar-refractivity contribution in [3.63, 3.8) is 0 Å². The minimum atomic E-state index is -0.258. The minimum absolute atomic E-state index is 0.0987. The van der Waals surface area contributed by atoms with Gasteiger partial charge in [-0.15, -0.1) is 11.3 Å². The van der Waals surface area contributed by atoms with E-state index < -0.39 is 0 Å². The van der Waals surface area contributed by atoms with Crippen molar-refractivity contribution in [3.05, 3.63) is 463 Å². The predicted molar refractivity (Wildman–Crippen MR) is 592 cm³/mol. The van der Waals surface area contributed by atoms with Gasteiger partial charge in [-0.1, -0.05) is 383 Å². The zero-order valence-electron chi connectivity index (χ0n) is 80.2. The van der Waals surface area contributed by atoms with E-state index in [1.54, 1.807) is 0 Å². The molecular weight excluding hydrogens is 1760 g/mol. The van der Waals surface area contributed by atoms with Crippen molar-refractivity contribution >= 4 is 119 Å². The maximum atomic E-state index is 6.55. The van der Waals surface area contributed by atoms with Gasteiger partial charge in [0, 0.05) is 163 Å². The topological polar surface area (TPSA) is 105 Å². The normalized spacial score (nSPS) is 14.0. The number of rotatable bonds is 9. The fourth-order valence-electron chi connectivity index (χ4n) is 24.6. The molecule has 0 saturated carbocycles. The summed E-state index contributed by atoms with van der Waals surface area (Å²) < 4.78 is 16.4. The third kappa shape index (κ3) is 12.5. The molecule has 0 saturated heterocycles. The summed E-state index contributed by atoms with van der Waals surface area (Å²) in [5.74, 6) is 2.24. The SMILES string of the molecule is CC1(C)c2ccccc2-c2nc(-c3ccccc3)nc(-c3ccc(-n4c5ccccc5c5c6c(ccc54)-c4ccccc4C6(C)C)cc3)c21.CC1(C)c2ccccc2-c2nc(-c3ccccc3)nc(-c3cccc(-n4c5ccccc5c5c6oc7ccccc7c6ccc54)c3)c21.CC1(C)c2ccccc2-c2nc(-c3ccccc3)nc(-c3cccc(-n4c5ccccc5c5c6sc7ccccc7c6ccc54)c3)c21. The number of furan rings is 1. The Balaban J connectivity index is 0.000000105. The standard InChI is InChI=1S/C46H35N3.C43H29N3O.C43H29N3S/c1-45(2)35-19-11-8-16-31(35)32-26-27-38-39(40(32)45)34-18-10-13-21-37(34)49(38)30-24-22-28(23-25-30)42-41-43(33-17-9-12-20-36(33)46(41,3)4)48-44(47-42)29-14-6-5-7-15-29;2*1-43(2)33-20-9-6-18-31(33)40-38(43)39(44-42(45-40)26-13-4-3-5-14-26)27-15-12-16-28(25-27)46-34-21-10-7-19-32(34)37-35(46)24-23-30-29-17-8-11-22-36(29)47-41(30)37/h5-27H,1-4H3;2*3-25H,1-2H3. The highest BCUT2D eigenvalue weighted by atomic mass is 32.1. The van der Waals surface area contributed by atoms with Gasteiger partial charge in [-0.2, -0.15) is 0 Å². The van der Waals surface area contributed by atoms with Crippen LogP contribution in [-0.4, -0.2) is 43.6 Å². The van der Waals surface area contributed by atoms with Crippen LogP contribution in [0.25, 0.3) is 237 Å². The molecule has 18 aromatic carbocycles. The van der Waals surface area contributed by atoms with Crippen molar-refractivity contribution in [2.75, 3.05) is 0 Å². The Morgan fingerprint density at radius 3 is 1.06 bits per heavy atom. The molecule has 4 aliphatic carbocycles. The lowest BCUT2D eigenvalue weighted by atomic mass is 9.80. The Hall–Kier alpha value is -17.4. The van der Waals surface area contributed by atoms with E-state index >= 15 is 0 Å². The van der Waals surface area contributed by atoms with E-state index in [-0.39, 0.29) is 21.7 Å². The summed E-state index contributed by atoms with van der Waals surface area (Å²) in [4.78, 5) is 31.7. The lowest BCUT2D eigenvalue weighted by Crippen LogP contribution is -2.17. The van der Waals surface area contributed by atoms with Gasteiger partial charge >= 0.3 is 0 Å². The van der Waals surface area contributed by atoms with Crippen molar-refractivity contribution in [2.45, 2.75) is 77.0 Å². The fourth-order valence-corrected chi connectivity index (χ4v) is 25.9. The van der Waals surface area contributed by atoms with E-state index in [2.05, 4.69) is 445 Å². The van der Waals surface area contributed by atoms with Gasteiger partial charge in [0.05, 0.1) is 72.6 Å². The molecule has 8 aromatic heterocycles. The van der Waals surface area contributed by atoms with Gasteiger partial charge in [0.1, 0.15) is 11.2 Å². The van der Waals surface area contributed by atoms with Crippen LogP contribution in [0.4, 0.5) is 0 Å². The number of fused-ring (bicyclic) bond motifs is 30. The molecule has 0 unspecified atom stereocenters. The van der Waals surface area contributed by atoms with E-state index in [1.165, 1.54) is 141 Å². The van der Waals surface area contributed by atoms with Crippen LogP contribution in [0.3, 0.4) is 0 Å². The highest BCUT2D eigenvalue weighted by Crippen LogP contribution is 2.59. The van der Waals surface area contributed by atoms with Gasteiger partial charge in [-0.05, 0) is 130 Å². The molecule has 0 bridgehead atoms. The maximum Gasteiger partial charge on any atom is 0.160 e. The molecule has 26 aromatic rings. The van der Waals surface area contributed by atoms with Gasteiger partial charge < -0.3 is 18.1 Å². The quantitative estimate of drug-likeness (QED) is 0.142. The van der Waals surface area contributed by atoms with E-state index in [4.69, 9.17) is 34.3 Å². The van der Waals surface area contributed by atoms with E-state index in [0.29, 0.717) is 0 Å². The molecule has 0 spiro atoms. The van der Waals surface area contributed by atoms with Crippen molar-refractivity contribution in [2.24, 2.45) is 0 Å². The maximum absolute atomic E-state index is 6.55. The van der Waals surface area contributed by atoms with Crippen LogP contribution in [0.15, 0.2) is 423 Å². The molecule has 0 fully saturated rings. The Morgan fingerprint density at radius 1 is 0.217 bits per heavy atom. The highest BCUT2D eigenvalue weighted by molar-refractivity contribution is 7.26. The molecule has 10 nitrogen and oxygen atoms in total. The van der Waals surface area contributed by atoms with Crippen LogP contribution in [-0.2, 0) is 21.7 Å². The van der Waals surface area contributed by atoms with Crippen LogP contribution in [0.1, 0.15) is 99.9 Å². The number of aromatic nitrogens is 9. The predicted octanol–water partition coefficient (Wildman–Crippen LogP) is 34.2. The van der Waals surface area contributed by atoms with Crippen LogP contribution < -0.4 is 0 Å². The number of para-hydroxylation sites is 4.